The summed E-state index contributed by atoms with van der Waals surface area (Å²) in [5.41, 5.74) is 1.88. The first-order valence-electron chi connectivity index (χ1n) is 6.38. The molecule has 0 unspecified atom stereocenters. The van der Waals surface area contributed by atoms with Crippen molar-refractivity contribution in [3.63, 3.8) is 0 Å². The summed E-state index contributed by atoms with van der Waals surface area (Å²) in [6, 6.07) is 10.6. The molecule has 1 N–H and O–H groups in total. The van der Waals surface area contributed by atoms with Gasteiger partial charge in [-0.3, -0.25) is 9.78 Å². The van der Waals surface area contributed by atoms with Crippen LogP contribution in [0.2, 0.25) is 0 Å². The number of pyridine rings is 1. The van der Waals surface area contributed by atoms with Gasteiger partial charge in [-0.1, -0.05) is 17.3 Å². The molecule has 1 aromatic heterocycles. The zero-order valence-corrected chi connectivity index (χ0v) is 11.6. The third-order valence-corrected chi connectivity index (χ3v) is 2.92. The van der Waals surface area contributed by atoms with Gasteiger partial charge in [0.2, 0.25) is 0 Å². The summed E-state index contributed by atoms with van der Waals surface area (Å²) in [5.74, 6) is 0.472. The van der Waals surface area contributed by atoms with Gasteiger partial charge in [0.25, 0.3) is 5.91 Å². The van der Waals surface area contributed by atoms with Crippen LogP contribution < -0.4 is 10.1 Å². The molecule has 108 valence electrons. The third kappa shape index (κ3) is 4.10. The number of benzene rings is 1. The number of ether oxygens (including phenoxy) is 1. The summed E-state index contributed by atoms with van der Waals surface area (Å²) in [6.07, 6.45) is 1.49. The number of aromatic nitrogens is 1. The van der Waals surface area contributed by atoms with Gasteiger partial charge in [-0.05, 0) is 35.4 Å². The summed E-state index contributed by atoms with van der Waals surface area (Å²) < 4.78 is 5.07. The lowest BCUT2D eigenvalue weighted by molar-refractivity contribution is 0.0946. The standard InChI is InChI=1S/C15H15N3O3/c1-21-13-4-2-11(3-5-13)9-17-15(19)14-8-12(10-18-20)6-7-16-14/h2-8H,9-10H2,1H3,(H,17,19). The topological polar surface area (TPSA) is 80.6 Å². The molecule has 0 aliphatic heterocycles. The second kappa shape index (κ2) is 7.14. The Kier molecular flexibility index (Phi) is 4.98. The lowest BCUT2D eigenvalue weighted by atomic mass is 10.2. The number of hydrogen-bond donors (Lipinski definition) is 1. The maximum Gasteiger partial charge on any atom is 0.270 e. The van der Waals surface area contributed by atoms with Gasteiger partial charge in [0.15, 0.2) is 0 Å². The number of amides is 1. The van der Waals surface area contributed by atoms with E-state index in [-0.39, 0.29) is 18.1 Å². The normalized spacial score (nSPS) is 9.95. The Hall–Kier alpha value is -2.76. The first-order chi connectivity index (χ1) is 10.2. The Labute approximate surface area is 122 Å². The molecule has 21 heavy (non-hydrogen) atoms. The average Bonchev–Trinajstić information content (AvgIpc) is 2.53. The van der Waals surface area contributed by atoms with E-state index in [1.54, 1.807) is 19.2 Å². The fourth-order valence-electron chi connectivity index (χ4n) is 1.79. The van der Waals surface area contributed by atoms with Crippen LogP contribution in [-0.4, -0.2) is 18.0 Å². The molecule has 0 aliphatic carbocycles. The summed E-state index contributed by atoms with van der Waals surface area (Å²) in [5, 5.41) is 5.57. The maximum absolute atomic E-state index is 12.0. The van der Waals surface area contributed by atoms with E-state index in [9.17, 15) is 9.70 Å². The van der Waals surface area contributed by atoms with Crippen LogP contribution in [0, 0.1) is 4.91 Å². The molecule has 0 fully saturated rings. The molecule has 0 saturated heterocycles. The Morgan fingerprint density at radius 2 is 2.00 bits per heavy atom. The van der Waals surface area contributed by atoms with Gasteiger partial charge in [0.05, 0.1) is 7.11 Å². The molecule has 6 nitrogen and oxygen atoms in total. The number of hydrogen-bond acceptors (Lipinski definition) is 5. The molecule has 0 aliphatic rings. The van der Waals surface area contributed by atoms with E-state index in [1.807, 2.05) is 24.3 Å². The first-order valence-corrected chi connectivity index (χ1v) is 6.38. The minimum atomic E-state index is -0.293. The van der Waals surface area contributed by atoms with E-state index in [1.165, 1.54) is 6.20 Å². The number of nitrogens with one attached hydrogen (secondary N) is 1. The van der Waals surface area contributed by atoms with Crippen molar-refractivity contribution in [2.45, 2.75) is 13.1 Å². The Bertz CT molecular complexity index is 626. The van der Waals surface area contributed by atoms with E-state index in [4.69, 9.17) is 4.74 Å². The van der Waals surface area contributed by atoms with E-state index in [0.717, 1.165) is 11.3 Å². The fraction of sp³-hybridized carbons (Fsp3) is 0.200. The monoisotopic (exact) mass is 285 g/mol. The minimum Gasteiger partial charge on any atom is -0.497 e. The summed E-state index contributed by atoms with van der Waals surface area (Å²) in [7, 11) is 1.60. The van der Waals surface area contributed by atoms with Gasteiger partial charge in [0, 0.05) is 12.7 Å². The number of nitrogens with zero attached hydrogens (tertiary/aromatic N) is 2. The zero-order valence-electron chi connectivity index (χ0n) is 11.6. The molecule has 0 atom stereocenters. The Morgan fingerprint density at radius 3 is 2.67 bits per heavy atom. The molecule has 6 heteroatoms. The van der Waals surface area contributed by atoms with Crippen LogP contribution in [0.1, 0.15) is 21.6 Å². The molecular formula is C15H15N3O3. The van der Waals surface area contributed by atoms with Crippen molar-refractivity contribution in [2.75, 3.05) is 7.11 Å². The van der Waals surface area contributed by atoms with Crippen LogP contribution in [0.4, 0.5) is 0 Å². The van der Waals surface area contributed by atoms with Crippen LogP contribution in [0.5, 0.6) is 5.75 Å². The van der Waals surface area contributed by atoms with Crippen molar-refractivity contribution < 1.29 is 9.53 Å². The fourth-order valence-corrected chi connectivity index (χ4v) is 1.79. The second-order valence-corrected chi connectivity index (χ2v) is 4.37. The zero-order chi connectivity index (χ0) is 15.1. The molecule has 1 amide bonds. The summed E-state index contributed by atoms with van der Waals surface area (Å²) >= 11 is 0. The van der Waals surface area contributed by atoms with E-state index in [0.29, 0.717) is 12.1 Å². The summed E-state index contributed by atoms with van der Waals surface area (Å²) in [6.45, 7) is 0.419. The molecule has 1 aromatic carbocycles. The Balaban J connectivity index is 1.97. The van der Waals surface area contributed by atoms with Crippen molar-refractivity contribution in [1.29, 1.82) is 0 Å². The largest absolute Gasteiger partial charge is 0.497 e. The molecule has 0 saturated carbocycles. The Morgan fingerprint density at radius 1 is 1.24 bits per heavy atom. The van der Waals surface area contributed by atoms with E-state index < -0.39 is 0 Å². The number of methoxy groups -OCH3 is 1. The van der Waals surface area contributed by atoms with Gasteiger partial charge < -0.3 is 10.1 Å². The van der Waals surface area contributed by atoms with Crippen LogP contribution in [0.3, 0.4) is 0 Å². The first kappa shape index (κ1) is 14.6. The smallest absolute Gasteiger partial charge is 0.270 e. The predicted octanol–water partition coefficient (Wildman–Crippen LogP) is 2.29. The van der Waals surface area contributed by atoms with Crippen LogP contribution in [-0.2, 0) is 13.1 Å². The van der Waals surface area contributed by atoms with Gasteiger partial charge in [0.1, 0.15) is 18.0 Å². The molecule has 0 radical (unpaired) electrons. The van der Waals surface area contributed by atoms with Gasteiger partial charge in [-0.25, -0.2) is 0 Å². The highest BCUT2D eigenvalue weighted by atomic mass is 16.5. The number of carbonyl (C=O) groups excluding carboxylic acids is 1. The molecular weight excluding hydrogens is 270 g/mol. The maximum atomic E-state index is 12.0. The molecule has 1 heterocycles. The highest BCUT2D eigenvalue weighted by Crippen LogP contribution is 2.11. The SMILES string of the molecule is COc1ccc(CNC(=O)c2cc(CN=O)ccn2)cc1. The van der Waals surface area contributed by atoms with Crippen molar-refractivity contribution in [3.05, 3.63) is 64.3 Å². The average molecular weight is 285 g/mol. The highest BCUT2D eigenvalue weighted by Gasteiger charge is 2.07. The lowest BCUT2D eigenvalue weighted by Gasteiger charge is -2.06. The lowest BCUT2D eigenvalue weighted by Crippen LogP contribution is -2.23. The molecule has 0 bridgehead atoms. The van der Waals surface area contributed by atoms with Crippen LogP contribution in [0.15, 0.2) is 47.8 Å². The number of carbonyl (C=O) groups is 1. The number of nitroso groups, excluding NO2 is 1. The second-order valence-electron chi connectivity index (χ2n) is 4.37. The minimum absolute atomic E-state index is 0.0290. The van der Waals surface area contributed by atoms with Crippen molar-refractivity contribution in [1.82, 2.24) is 10.3 Å². The number of rotatable bonds is 6. The van der Waals surface area contributed by atoms with Crippen molar-refractivity contribution >= 4 is 5.91 Å². The molecule has 0 spiro atoms. The molecule has 2 aromatic rings. The van der Waals surface area contributed by atoms with Gasteiger partial charge >= 0.3 is 0 Å². The van der Waals surface area contributed by atoms with Crippen molar-refractivity contribution in [3.8, 4) is 5.75 Å². The van der Waals surface area contributed by atoms with Gasteiger partial charge in [-0.15, -0.1) is 0 Å². The molecule has 2 rings (SSSR count). The van der Waals surface area contributed by atoms with Crippen LogP contribution >= 0.6 is 0 Å². The van der Waals surface area contributed by atoms with E-state index in [2.05, 4.69) is 15.5 Å². The predicted molar refractivity (Wildman–Crippen MR) is 77.9 cm³/mol. The quantitative estimate of drug-likeness (QED) is 0.826. The van der Waals surface area contributed by atoms with Crippen LogP contribution in [0.25, 0.3) is 0 Å². The van der Waals surface area contributed by atoms with E-state index >= 15 is 0 Å². The van der Waals surface area contributed by atoms with Gasteiger partial charge in [-0.2, -0.15) is 4.91 Å². The third-order valence-electron chi connectivity index (χ3n) is 2.92. The summed E-state index contributed by atoms with van der Waals surface area (Å²) in [4.78, 5) is 26.2. The highest BCUT2D eigenvalue weighted by molar-refractivity contribution is 5.92. The van der Waals surface area contributed by atoms with Crippen molar-refractivity contribution in [2.24, 2.45) is 5.18 Å².